The Labute approximate surface area is 139 Å². The summed E-state index contributed by atoms with van der Waals surface area (Å²) in [5.74, 6) is 0.849. The number of rotatable bonds is 5. The number of anilines is 1. The Morgan fingerprint density at radius 3 is 2.70 bits per heavy atom. The highest BCUT2D eigenvalue weighted by Crippen LogP contribution is 2.35. The third kappa shape index (κ3) is 3.67. The van der Waals surface area contributed by atoms with Crippen molar-refractivity contribution < 1.29 is 4.92 Å². The molecule has 0 amide bonds. The van der Waals surface area contributed by atoms with Crippen molar-refractivity contribution in [3.05, 3.63) is 45.8 Å². The predicted molar refractivity (Wildman–Crippen MR) is 90.9 cm³/mol. The average Bonchev–Trinajstić information content (AvgIpc) is 3.19. The number of non-ortho nitro benzene ring substituents is 1. The summed E-state index contributed by atoms with van der Waals surface area (Å²) in [6.07, 6.45) is 2.28. The smallest absolute Gasteiger partial charge is 0.269 e. The summed E-state index contributed by atoms with van der Waals surface area (Å²) in [6, 6.07) is 7.29. The Bertz CT molecular complexity index is 719. The first kappa shape index (κ1) is 15.9. The van der Waals surface area contributed by atoms with Crippen LogP contribution in [0.25, 0.3) is 0 Å². The number of aromatic nitrogens is 2. The van der Waals surface area contributed by atoms with Gasteiger partial charge in [0, 0.05) is 41.7 Å². The maximum atomic E-state index is 10.9. The van der Waals surface area contributed by atoms with Crippen molar-refractivity contribution in [2.75, 3.05) is 4.90 Å². The first-order valence-corrected chi connectivity index (χ1v) is 8.46. The lowest BCUT2D eigenvalue weighted by Gasteiger charge is -2.21. The van der Waals surface area contributed by atoms with Crippen LogP contribution in [0.4, 0.5) is 10.8 Å². The fourth-order valence-corrected chi connectivity index (χ4v) is 3.27. The van der Waals surface area contributed by atoms with Crippen molar-refractivity contribution >= 4 is 22.4 Å². The molecule has 1 heterocycles. The molecule has 1 saturated carbocycles. The van der Waals surface area contributed by atoms with E-state index in [-0.39, 0.29) is 16.0 Å². The molecular formula is C16H20N4O2S. The number of nitro benzene ring substituents is 1. The zero-order valence-corrected chi connectivity index (χ0v) is 14.3. The second kappa shape index (κ2) is 5.88. The third-order valence-corrected chi connectivity index (χ3v) is 4.55. The van der Waals surface area contributed by atoms with Crippen LogP contribution in [-0.4, -0.2) is 20.3 Å². The molecule has 2 aromatic rings. The lowest BCUT2D eigenvalue weighted by Crippen LogP contribution is -2.25. The molecule has 1 aliphatic rings. The van der Waals surface area contributed by atoms with Crippen LogP contribution >= 0.6 is 11.5 Å². The SMILES string of the molecule is CC(C)(C)c1nsc(N(Cc2cccc([N+](=O)[O-])c2)C2CC2)n1. The van der Waals surface area contributed by atoms with Gasteiger partial charge < -0.3 is 4.90 Å². The van der Waals surface area contributed by atoms with Crippen molar-refractivity contribution in [3.8, 4) is 0 Å². The minimum Gasteiger partial charge on any atom is -0.340 e. The van der Waals surface area contributed by atoms with Crippen molar-refractivity contribution in [1.29, 1.82) is 0 Å². The van der Waals surface area contributed by atoms with Gasteiger partial charge in [0.15, 0.2) is 0 Å². The topological polar surface area (TPSA) is 72.2 Å². The molecule has 0 bridgehead atoms. The number of hydrogen-bond acceptors (Lipinski definition) is 6. The monoisotopic (exact) mass is 332 g/mol. The van der Waals surface area contributed by atoms with Crippen LogP contribution in [0.3, 0.4) is 0 Å². The summed E-state index contributed by atoms with van der Waals surface area (Å²) in [5.41, 5.74) is 0.986. The van der Waals surface area contributed by atoms with E-state index in [0.717, 1.165) is 29.4 Å². The molecule has 7 heteroatoms. The van der Waals surface area contributed by atoms with E-state index in [1.165, 1.54) is 17.6 Å². The lowest BCUT2D eigenvalue weighted by atomic mass is 9.96. The maximum absolute atomic E-state index is 10.9. The van der Waals surface area contributed by atoms with Gasteiger partial charge in [-0.15, -0.1) is 0 Å². The van der Waals surface area contributed by atoms with Gasteiger partial charge in [-0.05, 0) is 18.4 Å². The summed E-state index contributed by atoms with van der Waals surface area (Å²) < 4.78 is 4.49. The molecule has 0 aliphatic heterocycles. The molecular weight excluding hydrogens is 312 g/mol. The first-order valence-electron chi connectivity index (χ1n) is 7.69. The fourth-order valence-electron chi connectivity index (χ4n) is 2.34. The standard InChI is InChI=1S/C16H20N4O2S/c1-16(2,3)14-17-15(23-18-14)19(12-7-8-12)10-11-5-4-6-13(9-11)20(21)22/h4-6,9,12H,7-8,10H2,1-3H3. The zero-order chi connectivity index (χ0) is 16.6. The summed E-state index contributed by atoms with van der Waals surface area (Å²) >= 11 is 1.41. The van der Waals surface area contributed by atoms with Crippen molar-refractivity contribution in [2.24, 2.45) is 0 Å². The second-order valence-electron chi connectivity index (χ2n) is 6.94. The molecule has 1 fully saturated rings. The molecule has 3 rings (SSSR count). The van der Waals surface area contributed by atoms with Crippen molar-refractivity contribution in [2.45, 2.75) is 51.6 Å². The number of benzene rings is 1. The van der Waals surface area contributed by atoms with Gasteiger partial charge in [0.05, 0.1) is 4.92 Å². The molecule has 0 spiro atoms. The van der Waals surface area contributed by atoms with Gasteiger partial charge >= 0.3 is 0 Å². The molecule has 0 N–H and O–H groups in total. The quantitative estimate of drug-likeness (QED) is 0.613. The fraction of sp³-hybridized carbons (Fsp3) is 0.500. The van der Waals surface area contributed by atoms with E-state index in [0.29, 0.717) is 12.6 Å². The second-order valence-corrected chi connectivity index (χ2v) is 7.67. The molecule has 6 nitrogen and oxygen atoms in total. The van der Waals surface area contributed by atoms with E-state index in [4.69, 9.17) is 4.98 Å². The van der Waals surface area contributed by atoms with E-state index in [2.05, 4.69) is 30.0 Å². The Morgan fingerprint density at radius 2 is 2.13 bits per heavy atom. The van der Waals surface area contributed by atoms with Crippen LogP contribution in [-0.2, 0) is 12.0 Å². The molecule has 0 saturated heterocycles. The predicted octanol–water partition coefficient (Wildman–Crippen LogP) is 3.91. The van der Waals surface area contributed by atoms with Crippen molar-refractivity contribution in [1.82, 2.24) is 9.36 Å². The highest BCUT2D eigenvalue weighted by molar-refractivity contribution is 7.09. The van der Waals surface area contributed by atoms with Gasteiger partial charge in [0.1, 0.15) is 5.82 Å². The van der Waals surface area contributed by atoms with E-state index >= 15 is 0 Å². The molecule has 1 aliphatic carbocycles. The van der Waals surface area contributed by atoms with Crippen LogP contribution in [0.15, 0.2) is 24.3 Å². The van der Waals surface area contributed by atoms with Crippen LogP contribution in [0, 0.1) is 10.1 Å². The van der Waals surface area contributed by atoms with E-state index in [1.54, 1.807) is 12.1 Å². The molecule has 122 valence electrons. The Kier molecular flexibility index (Phi) is 4.06. The summed E-state index contributed by atoms with van der Waals surface area (Å²) in [7, 11) is 0. The Balaban J connectivity index is 1.84. The summed E-state index contributed by atoms with van der Waals surface area (Å²) in [4.78, 5) is 17.5. The average molecular weight is 332 g/mol. The van der Waals surface area contributed by atoms with Gasteiger partial charge in [0.25, 0.3) is 5.69 Å². The largest absolute Gasteiger partial charge is 0.340 e. The molecule has 0 atom stereocenters. The van der Waals surface area contributed by atoms with E-state index < -0.39 is 0 Å². The first-order chi connectivity index (χ1) is 10.8. The highest BCUT2D eigenvalue weighted by Gasteiger charge is 2.32. The molecule has 0 unspecified atom stereocenters. The van der Waals surface area contributed by atoms with Crippen LogP contribution < -0.4 is 4.90 Å². The normalized spacial score (nSPS) is 14.7. The summed E-state index contributed by atoms with van der Waals surface area (Å²) in [5, 5.41) is 11.8. The highest BCUT2D eigenvalue weighted by atomic mass is 32.1. The number of nitrogens with zero attached hydrogens (tertiary/aromatic N) is 4. The van der Waals surface area contributed by atoms with Gasteiger partial charge in [-0.3, -0.25) is 10.1 Å². The maximum Gasteiger partial charge on any atom is 0.269 e. The van der Waals surface area contributed by atoms with Crippen LogP contribution in [0.5, 0.6) is 0 Å². The van der Waals surface area contributed by atoms with Gasteiger partial charge in [-0.2, -0.15) is 4.37 Å². The molecule has 1 aromatic carbocycles. The Morgan fingerprint density at radius 1 is 1.39 bits per heavy atom. The van der Waals surface area contributed by atoms with E-state index in [9.17, 15) is 10.1 Å². The number of nitro groups is 1. The van der Waals surface area contributed by atoms with Gasteiger partial charge in [-0.25, -0.2) is 4.98 Å². The van der Waals surface area contributed by atoms with Gasteiger partial charge in [0.2, 0.25) is 5.13 Å². The zero-order valence-electron chi connectivity index (χ0n) is 13.5. The van der Waals surface area contributed by atoms with Gasteiger partial charge in [-0.1, -0.05) is 32.9 Å². The van der Waals surface area contributed by atoms with Crippen LogP contribution in [0.1, 0.15) is 45.0 Å². The van der Waals surface area contributed by atoms with E-state index in [1.807, 2.05) is 6.07 Å². The minimum atomic E-state index is -0.354. The van der Waals surface area contributed by atoms with Crippen molar-refractivity contribution in [3.63, 3.8) is 0 Å². The molecule has 0 radical (unpaired) electrons. The Hall–Kier alpha value is -2.02. The third-order valence-electron chi connectivity index (χ3n) is 3.79. The molecule has 23 heavy (non-hydrogen) atoms. The van der Waals surface area contributed by atoms with Crippen LogP contribution in [0.2, 0.25) is 0 Å². The number of hydrogen-bond donors (Lipinski definition) is 0. The lowest BCUT2D eigenvalue weighted by molar-refractivity contribution is -0.384. The molecule has 1 aromatic heterocycles. The minimum absolute atomic E-state index is 0.0739. The summed E-state index contributed by atoms with van der Waals surface area (Å²) in [6.45, 7) is 6.92.